The fourth-order valence-corrected chi connectivity index (χ4v) is 1.66. The average Bonchev–Trinajstić information content (AvgIpc) is 2.42. The molecule has 0 fully saturated rings. The van der Waals surface area contributed by atoms with Gasteiger partial charge in [-0.15, -0.1) is 0 Å². The molecule has 0 heterocycles. The molecule has 102 valence electrons. The Morgan fingerprint density at radius 1 is 1.00 bits per heavy atom. The third-order valence-corrected chi connectivity index (χ3v) is 2.73. The first-order chi connectivity index (χ1) is 8.80. The van der Waals surface area contributed by atoms with Crippen molar-refractivity contribution < 1.29 is 9.47 Å². The van der Waals surface area contributed by atoms with E-state index in [4.69, 9.17) is 9.47 Å². The summed E-state index contributed by atoms with van der Waals surface area (Å²) in [5, 5.41) is 3.39. The Hall–Kier alpha value is -1.22. The number of rotatable bonds is 9. The van der Waals surface area contributed by atoms with Gasteiger partial charge in [0.2, 0.25) is 0 Å². The minimum Gasteiger partial charge on any atom is -0.494 e. The summed E-state index contributed by atoms with van der Waals surface area (Å²) in [6, 6.07) is 8.26. The second-order valence-corrected chi connectivity index (χ2v) is 4.29. The lowest BCUT2D eigenvalue weighted by atomic mass is 10.2. The molecule has 1 unspecified atom stereocenters. The Morgan fingerprint density at radius 3 is 2.11 bits per heavy atom. The highest BCUT2D eigenvalue weighted by Gasteiger charge is 2.05. The fraction of sp³-hybridized carbons (Fsp3) is 0.600. The molecule has 1 atom stereocenters. The molecule has 0 aromatic heterocycles. The first kappa shape index (κ1) is 14.8. The van der Waals surface area contributed by atoms with Crippen molar-refractivity contribution in [3.63, 3.8) is 0 Å². The summed E-state index contributed by atoms with van der Waals surface area (Å²) in [4.78, 5) is 0. The van der Waals surface area contributed by atoms with E-state index in [0.29, 0.717) is 12.6 Å². The lowest BCUT2D eigenvalue weighted by Crippen LogP contribution is -2.33. The molecule has 0 aliphatic heterocycles. The van der Waals surface area contributed by atoms with E-state index < -0.39 is 0 Å². The monoisotopic (exact) mass is 251 g/mol. The van der Waals surface area contributed by atoms with E-state index in [1.807, 2.05) is 24.3 Å². The summed E-state index contributed by atoms with van der Waals surface area (Å²) < 4.78 is 11.3. The lowest BCUT2D eigenvalue weighted by molar-refractivity contribution is 0.261. The SMILES string of the molecule is CCCOc1ccc(OCC(CC)NCC)cc1. The predicted octanol–water partition coefficient (Wildman–Crippen LogP) is 3.24. The summed E-state index contributed by atoms with van der Waals surface area (Å²) in [5.74, 6) is 1.80. The van der Waals surface area contributed by atoms with Gasteiger partial charge in [0.05, 0.1) is 6.61 Å². The third kappa shape index (κ3) is 5.41. The van der Waals surface area contributed by atoms with Gasteiger partial charge in [0.1, 0.15) is 18.1 Å². The molecule has 3 heteroatoms. The maximum Gasteiger partial charge on any atom is 0.119 e. The van der Waals surface area contributed by atoms with Crippen LogP contribution in [-0.4, -0.2) is 25.8 Å². The summed E-state index contributed by atoms with van der Waals surface area (Å²) in [6.45, 7) is 8.83. The van der Waals surface area contributed by atoms with Gasteiger partial charge in [0, 0.05) is 6.04 Å². The van der Waals surface area contributed by atoms with E-state index >= 15 is 0 Å². The van der Waals surface area contributed by atoms with Gasteiger partial charge < -0.3 is 14.8 Å². The van der Waals surface area contributed by atoms with E-state index in [0.717, 1.165) is 37.5 Å². The van der Waals surface area contributed by atoms with Crippen molar-refractivity contribution in [2.24, 2.45) is 0 Å². The zero-order valence-electron chi connectivity index (χ0n) is 11.7. The number of hydrogen-bond acceptors (Lipinski definition) is 3. The average molecular weight is 251 g/mol. The number of likely N-dealkylation sites (N-methyl/N-ethyl adjacent to an activating group) is 1. The van der Waals surface area contributed by atoms with Gasteiger partial charge in [-0.3, -0.25) is 0 Å². The van der Waals surface area contributed by atoms with Crippen molar-refractivity contribution in [2.45, 2.75) is 39.7 Å². The first-order valence-corrected chi connectivity index (χ1v) is 6.89. The van der Waals surface area contributed by atoms with Gasteiger partial charge >= 0.3 is 0 Å². The zero-order valence-corrected chi connectivity index (χ0v) is 11.7. The Labute approximate surface area is 110 Å². The minimum absolute atomic E-state index is 0.422. The number of ether oxygens (including phenoxy) is 2. The molecule has 0 aliphatic carbocycles. The number of benzene rings is 1. The van der Waals surface area contributed by atoms with E-state index in [-0.39, 0.29) is 0 Å². The van der Waals surface area contributed by atoms with E-state index in [9.17, 15) is 0 Å². The predicted molar refractivity (Wildman–Crippen MR) is 75.5 cm³/mol. The van der Waals surface area contributed by atoms with Gasteiger partial charge in [-0.25, -0.2) is 0 Å². The molecule has 3 nitrogen and oxygen atoms in total. The highest BCUT2D eigenvalue weighted by molar-refractivity contribution is 5.31. The molecule has 0 saturated heterocycles. The quantitative estimate of drug-likeness (QED) is 0.731. The van der Waals surface area contributed by atoms with Gasteiger partial charge in [-0.05, 0) is 43.7 Å². The first-order valence-electron chi connectivity index (χ1n) is 6.89. The zero-order chi connectivity index (χ0) is 13.2. The molecule has 1 aromatic rings. The topological polar surface area (TPSA) is 30.5 Å². The van der Waals surface area contributed by atoms with Crippen LogP contribution in [0.15, 0.2) is 24.3 Å². The summed E-state index contributed by atoms with van der Waals surface area (Å²) >= 11 is 0. The normalized spacial score (nSPS) is 12.2. The smallest absolute Gasteiger partial charge is 0.119 e. The number of hydrogen-bond donors (Lipinski definition) is 1. The Kier molecular flexibility index (Phi) is 7.26. The largest absolute Gasteiger partial charge is 0.494 e. The highest BCUT2D eigenvalue weighted by Crippen LogP contribution is 2.18. The van der Waals surface area contributed by atoms with Crippen LogP contribution in [0.4, 0.5) is 0 Å². The maximum absolute atomic E-state index is 5.75. The molecule has 1 rings (SSSR count). The summed E-state index contributed by atoms with van der Waals surface area (Å²) in [7, 11) is 0. The van der Waals surface area contributed by atoms with Crippen LogP contribution in [0.2, 0.25) is 0 Å². The van der Waals surface area contributed by atoms with E-state index in [1.54, 1.807) is 0 Å². The van der Waals surface area contributed by atoms with Gasteiger partial charge in [0.25, 0.3) is 0 Å². The van der Waals surface area contributed by atoms with Crippen molar-refractivity contribution in [1.29, 1.82) is 0 Å². The van der Waals surface area contributed by atoms with Crippen LogP contribution < -0.4 is 14.8 Å². The second-order valence-electron chi connectivity index (χ2n) is 4.29. The molecular formula is C15H25NO2. The van der Waals surface area contributed by atoms with E-state index in [1.165, 1.54) is 0 Å². The standard InChI is InChI=1S/C15H25NO2/c1-4-11-17-14-7-9-15(10-8-14)18-12-13(5-2)16-6-3/h7-10,13,16H,4-6,11-12H2,1-3H3. The molecule has 0 radical (unpaired) electrons. The van der Waals surface area contributed by atoms with Crippen LogP contribution >= 0.6 is 0 Å². The van der Waals surface area contributed by atoms with Crippen molar-refractivity contribution >= 4 is 0 Å². The molecular weight excluding hydrogens is 226 g/mol. The number of nitrogens with one attached hydrogen (secondary N) is 1. The molecule has 18 heavy (non-hydrogen) atoms. The van der Waals surface area contributed by atoms with Crippen LogP contribution in [0.5, 0.6) is 11.5 Å². The van der Waals surface area contributed by atoms with Crippen molar-refractivity contribution in [3.8, 4) is 11.5 Å². The van der Waals surface area contributed by atoms with Gasteiger partial charge in [0.15, 0.2) is 0 Å². The Morgan fingerprint density at radius 2 is 1.61 bits per heavy atom. The van der Waals surface area contributed by atoms with Crippen molar-refractivity contribution in [2.75, 3.05) is 19.8 Å². The van der Waals surface area contributed by atoms with Crippen LogP contribution in [0.3, 0.4) is 0 Å². The van der Waals surface area contributed by atoms with Crippen LogP contribution in [0, 0.1) is 0 Å². The van der Waals surface area contributed by atoms with Crippen molar-refractivity contribution in [1.82, 2.24) is 5.32 Å². The summed E-state index contributed by atoms with van der Waals surface area (Å²) in [5.41, 5.74) is 0. The minimum atomic E-state index is 0.422. The Balaban J connectivity index is 2.38. The van der Waals surface area contributed by atoms with Crippen LogP contribution in [0.25, 0.3) is 0 Å². The van der Waals surface area contributed by atoms with Crippen molar-refractivity contribution in [3.05, 3.63) is 24.3 Å². The molecule has 1 N–H and O–H groups in total. The third-order valence-electron chi connectivity index (χ3n) is 2.73. The molecule has 1 aromatic carbocycles. The molecule has 0 aliphatic rings. The fourth-order valence-electron chi connectivity index (χ4n) is 1.66. The maximum atomic E-state index is 5.75. The van der Waals surface area contributed by atoms with Gasteiger partial charge in [-0.1, -0.05) is 20.8 Å². The van der Waals surface area contributed by atoms with Gasteiger partial charge in [-0.2, -0.15) is 0 Å². The van der Waals surface area contributed by atoms with Crippen LogP contribution in [-0.2, 0) is 0 Å². The highest BCUT2D eigenvalue weighted by atomic mass is 16.5. The molecule has 0 saturated carbocycles. The molecule has 0 bridgehead atoms. The molecule has 0 spiro atoms. The van der Waals surface area contributed by atoms with Crippen LogP contribution in [0.1, 0.15) is 33.6 Å². The van der Waals surface area contributed by atoms with E-state index in [2.05, 4.69) is 26.1 Å². The lowest BCUT2D eigenvalue weighted by Gasteiger charge is -2.16. The summed E-state index contributed by atoms with van der Waals surface area (Å²) in [6.07, 6.45) is 2.10. The second kappa shape index (κ2) is 8.81. The Bertz CT molecular complexity index is 311. The molecule has 0 amide bonds.